The monoisotopic (exact) mass is 310 g/mol. The third-order valence-electron chi connectivity index (χ3n) is 2.80. The molecule has 1 heterocycles. The van der Waals surface area contributed by atoms with E-state index in [0.717, 1.165) is 5.56 Å². The van der Waals surface area contributed by atoms with Crippen LogP contribution >= 0.6 is 0 Å². The van der Waals surface area contributed by atoms with Crippen molar-refractivity contribution in [3.63, 3.8) is 0 Å². The summed E-state index contributed by atoms with van der Waals surface area (Å²) in [5, 5.41) is 9.28. The fourth-order valence-electron chi connectivity index (χ4n) is 1.95. The first kappa shape index (κ1) is 15.5. The Hall–Kier alpha value is -1.90. The maximum atomic E-state index is 12.4. The first-order valence-corrected chi connectivity index (χ1v) is 7.82. The van der Waals surface area contributed by atoms with Crippen LogP contribution in [0.5, 0.6) is 0 Å². The quantitative estimate of drug-likeness (QED) is 0.711. The highest BCUT2D eigenvalue weighted by Crippen LogP contribution is 2.18. The second-order valence-corrected chi connectivity index (χ2v) is 6.11. The summed E-state index contributed by atoms with van der Waals surface area (Å²) in [6.07, 6.45) is 1.49. The number of aromatic amines is 1. The molecule has 2 aromatic rings. The van der Waals surface area contributed by atoms with Crippen molar-refractivity contribution in [3.05, 3.63) is 41.6 Å². The van der Waals surface area contributed by atoms with Gasteiger partial charge in [-0.2, -0.15) is 13.5 Å². The van der Waals surface area contributed by atoms with Gasteiger partial charge in [0.05, 0.1) is 12.8 Å². The Morgan fingerprint density at radius 2 is 2.19 bits per heavy atom. The van der Waals surface area contributed by atoms with Gasteiger partial charge in [0.1, 0.15) is 0 Å². The molecule has 0 spiro atoms. The number of rotatable bonds is 7. The lowest BCUT2D eigenvalue weighted by Gasteiger charge is -2.09. The molecule has 0 unspecified atom stereocenters. The van der Waals surface area contributed by atoms with Crippen LogP contribution in [0.4, 0.5) is 5.69 Å². The van der Waals surface area contributed by atoms with Gasteiger partial charge in [-0.25, -0.2) is 0 Å². The Balaban J connectivity index is 2.24. The van der Waals surface area contributed by atoms with Gasteiger partial charge in [0.2, 0.25) is 0 Å². The van der Waals surface area contributed by atoms with E-state index in [0.29, 0.717) is 24.4 Å². The third-order valence-corrected chi connectivity index (χ3v) is 4.20. The summed E-state index contributed by atoms with van der Waals surface area (Å²) in [6.45, 7) is 0.834. The number of H-pyrrole nitrogens is 1. The van der Waals surface area contributed by atoms with Gasteiger partial charge in [0.25, 0.3) is 10.0 Å². The Labute approximate surface area is 123 Å². The van der Waals surface area contributed by atoms with Crippen molar-refractivity contribution in [2.24, 2.45) is 0 Å². The van der Waals surface area contributed by atoms with Crippen LogP contribution in [0.25, 0.3) is 0 Å². The number of sulfonamides is 1. The second-order valence-electron chi connectivity index (χ2n) is 4.49. The lowest BCUT2D eigenvalue weighted by atomic mass is 10.2. The van der Waals surface area contributed by atoms with Gasteiger partial charge in [-0.05, 0) is 24.7 Å². The van der Waals surface area contributed by atoms with E-state index in [-0.39, 0.29) is 5.03 Å². The molecule has 0 saturated carbocycles. The van der Waals surface area contributed by atoms with Crippen molar-refractivity contribution < 1.29 is 13.2 Å². The first-order valence-electron chi connectivity index (χ1n) is 6.34. The molecular formula is C13H18N4O3S. The van der Waals surface area contributed by atoms with Crippen molar-refractivity contribution in [2.45, 2.75) is 18.2 Å². The zero-order valence-electron chi connectivity index (χ0n) is 11.9. The van der Waals surface area contributed by atoms with Crippen LogP contribution in [0.15, 0.2) is 35.5 Å². The SMILES string of the molecule is CNCc1cn[nH]c1S(=O)(=O)Nc1cccc(COC)c1. The van der Waals surface area contributed by atoms with Crippen molar-refractivity contribution >= 4 is 15.7 Å². The maximum absolute atomic E-state index is 12.4. The van der Waals surface area contributed by atoms with E-state index in [2.05, 4.69) is 20.2 Å². The van der Waals surface area contributed by atoms with Crippen LogP contribution in [0.3, 0.4) is 0 Å². The highest BCUT2D eigenvalue weighted by molar-refractivity contribution is 7.92. The van der Waals surface area contributed by atoms with Crippen molar-refractivity contribution in [1.29, 1.82) is 0 Å². The van der Waals surface area contributed by atoms with E-state index in [9.17, 15) is 8.42 Å². The largest absolute Gasteiger partial charge is 0.380 e. The Kier molecular flexibility index (Phi) is 4.94. The van der Waals surface area contributed by atoms with Crippen molar-refractivity contribution in [1.82, 2.24) is 15.5 Å². The predicted molar refractivity (Wildman–Crippen MR) is 79.3 cm³/mol. The number of benzene rings is 1. The van der Waals surface area contributed by atoms with Crippen molar-refractivity contribution in [3.8, 4) is 0 Å². The summed E-state index contributed by atoms with van der Waals surface area (Å²) in [7, 11) is -0.374. The van der Waals surface area contributed by atoms with E-state index in [1.165, 1.54) is 6.20 Å². The molecular weight excluding hydrogens is 292 g/mol. The number of hydrogen-bond acceptors (Lipinski definition) is 5. The standard InChI is InChI=1S/C13H18N4O3S/c1-14-7-11-8-15-16-13(11)21(18,19)17-12-5-3-4-10(6-12)9-20-2/h3-6,8,14,17H,7,9H2,1-2H3,(H,15,16). The predicted octanol–water partition coefficient (Wildman–Crippen LogP) is 1.08. The Morgan fingerprint density at radius 3 is 2.90 bits per heavy atom. The van der Waals surface area contributed by atoms with E-state index < -0.39 is 10.0 Å². The lowest BCUT2D eigenvalue weighted by molar-refractivity contribution is 0.185. The van der Waals surface area contributed by atoms with Gasteiger partial charge in [-0.3, -0.25) is 9.82 Å². The molecule has 0 fully saturated rings. The van der Waals surface area contributed by atoms with E-state index in [4.69, 9.17) is 4.74 Å². The average molecular weight is 310 g/mol. The molecule has 0 aliphatic heterocycles. The summed E-state index contributed by atoms with van der Waals surface area (Å²) in [4.78, 5) is 0. The molecule has 3 N–H and O–H groups in total. The van der Waals surface area contributed by atoms with Crippen LogP contribution in [-0.2, 0) is 27.9 Å². The Morgan fingerprint density at radius 1 is 1.38 bits per heavy atom. The normalized spacial score (nSPS) is 11.5. The number of ether oxygens (including phenoxy) is 1. The van der Waals surface area contributed by atoms with Crippen LogP contribution in [0, 0.1) is 0 Å². The smallest absolute Gasteiger partial charge is 0.279 e. The first-order chi connectivity index (χ1) is 10.1. The summed E-state index contributed by atoms with van der Waals surface area (Å²) in [5.74, 6) is 0. The summed E-state index contributed by atoms with van der Waals surface area (Å²) >= 11 is 0. The number of methoxy groups -OCH3 is 1. The molecule has 0 atom stereocenters. The Bertz CT molecular complexity index is 697. The zero-order chi connectivity index (χ0) is 15.3. The number of aromatic nitrogens is 2. The van der Waals surface area contributed by atoms with Gasteiger partial charge in [-0.1, -0.05) is 12.1 Å². The van der Waals surface area contributed by atoms with Gasteiger partial charge < -0.3 is 10.1 Å². The summed E-state index contributed by atoms with van der Waals surface area (Å²) < 4.78 is 32.3. The van der Waals surface area contributed by atoms with Gasteiger partial charge >= 0.3 is 0 Å². The van der Waals surface area contributed by atoms with Crippen LogP contribution in [0.2, 0.25) is 0 Å². The molecule has 0 bridgehead atoms. The second kappa shape index (κ2) is 6.70. The minimum absolute atomic E-state index is 0.0639. The van der Waals surface area contributed by atoms with Crippen LogP contribution in [-0.4, -0.2) is 32.8 Å². The molecule has 0 aliphatic carbocycles. The number of nitrogens with one attached hydrogen (secondary N) is 3. The fraction of sp³-hybridized carbons (Fsp3) is 0.308. The molecule has 1 aromatic heterocycles. The van der Waals surface area contributed by atoms with E-state index >= 15 is 0 Å². The average Bonchev–Trinajstić information content (AvgIpc) is 2.89. The highest BCUT2D eigenvalue weighted by Gasteiger charge is 2.20. The molecule has 0 saturated heterocycles. The fourth-order valence-corrected chi connectivity index (χ4v) is 3.13. The minimum Gasteiger partial charge on any atom is -0.380 e. The highest BCUT2D eigenvalue weighted by atomic mass is 32.2. The summed E-state index contributed by atoms with van der Waals surface area (Å²) in [5.41, 5.74) is 1.95. The third kappa shape index (κ3) is 3.81. The van der Waals surface area contributed by atoms with Crippen LogP contribution in [0.1, 0.15) is 11.1 Å². The molecule has 114 valence electrons. The molecule has 21 heavy (non-hydrogen) atoms. The van der Waals surface area contributed by atoms with E-state index in [1.807, 2.05) is 6.07 Å². The van der Waals surface area contributed by atoms with Gasteiger partial charge in [-0.15, -0.1) is 0 Å². The van der Waals surface area contributed by atoms with Gasteiger partial charge in [0, 0.05) is 24.9 Å². The number of nitrogens with zero attached hydrogens (tertiary/aromatic N) is 1. The molecule has 0 aliphatic rings. The minimum atomic E-state index is -3.70. The van der Waals surface area contributed by atoms with Crippen LogP contribution < -0.4 is 10.0 Å². The number of hydrogen-bond donors (Lipinski definition) is 3. The van der Waals surface area contributed by atoms with E-state index in [1.54, 1.807) is 32.4 Å². The maximum Gasteiger partial charge on any atom is 0.279 e. The molecule has 0 amide bonds. The molecule has 7 nitrogen and oxygen atoms in total. The molecule has 0 radical (unpaired) electrons. The molecule has 8 heteroatoms. The lowest BCUT2D eigenvalue weighted by Crippen LogP contribution is -2.17. The van der Waals surface area contributed by atoms with Gasteiger partial charge in [0.15, 0.2) is 5.03 Å². The zero-order valence-corrected chi connectivity index (χ0v) is 12.7. The molecule has 2 rings (SSSR count). The molecule has 1 aromatic carbocycles. The number of anilines is 1. The topological polar surface area (TPSA) is 96.1 Å². The summed E-state index contributed by atoms with van der Waals surface area (Å²) in [6, 6.07) is 7.05. The van der Waals surface area contributed by atoms with Crippen molar-refractivity contribution in [2.75, 3.05) is 18.9 Å².